The van der Waals surface area contributed by atoms with Gasteiger partial charge in [-0.05, 0) is 35.4 Å². The third kappa shape index (κ3) is 2.34. The molecule has 0 aliphatic rings. The van der Waals surface area contributed by atoms with Gasteiger partial charge in [-0.1, -0.05) is 12.1 Å². The second-order valence-electron chi connectivity index (χ2n) is 5.32. The van der Waals surface area contributed by atoms with Crippen LogP contribution >= 0.6 is 0 Å². The molecule has 0 bridgehead atoms. The van der Waals surface area contributed by atoms with Gasteiger partial charge >= 0.3 is 0 Å². The Labute approximate surface area is 138 Å². The summed E-state index contributed by atoms with van der Waals surface area (Å²) in [7, 11) is 1.66. The molecule has 0 fully saturated rings. The van der Waals surface area contributed by atoms with E-state index in [2.05, 4.69) is 19.9 Å². The first kappa shape index (κ1) is 14.2. The van der Waals surface area contributed by atoms with E-state index >= 15 is 0 Å². The minimum absolute atomic E-state index is 0.244. The molecule has 3 heterocycles. The third-order valence-corrected chi connectivity index (χ3v) is 3.90. The SMILES string of the molecule is COc1cccc(-c2ccnc3[nH]cc(-c4ccnc(N)n4)c23)c1. The van der Waals surface area contributed by atoms with Gasteiger partial charge in [-0.25, -0.2) is 15.0 Å². The van der Waals surface area contributed by atoms with Crippen LogP contribution in [-0.2, 0) is 0 Å². The van der Waals surface area contributed by atoms with Crippen molar-refractivity contribution in [3.8, 4) is 28.1 Å². The first-order chi connectivity index (χ1) is 11.8. The molecule has 3 N–H and O–H groups in total. The van der Waals surface area contributed by atoms with Gasteiger partial charge in [0.2, 0.25) is 5.95 Å². The van der Waals surface area contributed by atoms with Crippen LogP contribution in [0.25, 0.3) is 33.4 Å². The second kappa shape index (κ2) is 5.66. The number of nitrogens with one attached hydrogen (secondary N) is 1. The fourth-order valence-electron chi connectivity index (χ4n) is 2.81. The smallest absolute Gasteiger partial charge is 0.220 e. The first-order valence-electron chi connectivity index (χ1n) is 7.45. The summed E-state index contributed by atoms with van der Waals surface area (Å²) >= 11 is 0. The lowest BCUT2D eigenvalue weighted by molar-refractivity contribution is 0.415. The maximum atomic E-state index is 5.73. The number of benzene rings is 1. The molecule has 0 aliphatic carbocycles. The van der Waals surface area contributed by atoms with Gasteiger partial charge in [0.1, 0.15) is 11.4 Å². The lowest BCUT2D eigenvalue weighted by Gasteiger charge is -2.08. The van der Waals surface area contributed by atoms with Gasteiger partial charge in [0.15, 0.2) is 0 Å². The minimum Gasteiger partial charge on any atom is -0.497 e. The van der Waals surface area contributed by atoms with Gasteiger partial charge in [0.05, 0.1) is 12.8 Å². The number of nitrogens with zero attached hydrogens (tertiary/aromatic N) is 3. The molecule has 4 aromatic rings. The average molecular weight is 317 g/mol. The molecule has 3 aromatic heterocycles. The highest BCUT2D eigenvalue weighted by atomic mass is 16.5. The standard InChI is InChI=1S/C18H15N5O/c1-24-12-4-2-3-11(9-12)13-5-7-20-17-16(13)14(10-22-17)15-6-8-21-18(19)23-15/h2-10H,1H3,(H,20,22)(H2,19,21,23). The Morgan fingerprint density at radius 1 is 1.04 bits per heavy atom. The summed E-state index contributed by atoms with van der Waals surface area (Å²) in [5, 5.41) is 0.990. The molecule has 0 aliphatic heterocycles. The first-order valence-corrected chi connectivity index (χ1v) is 7.45. The van der Waals surface area contributed by atoms with E-state index in [4.69, 9.17) is 10.5 Å². The van der Waals surface area contributed by atoms with E-state index in [0.29, 0.717) is 0 Å². The van der Waals surface area contributed by atoms with Crippen molar-refractivity contribution in [3.63, 3.8) is 0 Å². The monoisotopic (exact) mass is 317 g/mol. The van der Waals surface area contributed by atoms with Crippen molar-refractivity contribution in [2.75, 3.05) is 12.8 Å². The predicted molar refractivity (Wildman–Crippen MR) is 93.5 cm³/mol. The van der Waals surface area contributed by atoms with Crippen LogP contribution in [-0.4, -0.2) is 27.0 Å². The lowest BCUT2D eigenvalue weighted by Crippen LogP contribution is -1.95. The number of H-pyrrole nitrogens is 1. The highest BCUT2D eigenvalue weighted by Gasteiger charge is 2.14. The molecule has 6 heteroatoms. The molecule has 6 nitrogen and oxygen atoms in total. The van der Waals surface area contributed by atoms with Crippen molar-refractivity contribution in [2.24, 2.45) is 0 Å². The van der Waals surface area contributed by atoms with Gasteiger partial charge in [-0.3, -0.25) is 0 Å². The molecule has 0 saturated carbocycles. The zero-order valence-corrected chi connectivity index (χ0v) is 13.0. The van der Waals surface area contributed by atoms with Crippen molar-refractivity contribution >= 4 is 17.0 Å². The Balaban J connectivity index is 1.98. The van der Waals surface area contributed by atoms with Gasteiger partial charge in [0.25, 0.3) is 0 Å². The number of nitrogens with two attached hydrogens (primary N) is 1. The number of fused-ring (bicyclic) bond motifs is 1. The van der Waals surface area contributed by atoms with Gasteiger partial charge in [0, 0.05) is 29.5 Å². The quantitative estimate of drug-likeness (QED) is 0.605. The molecule has 0 amide bonds. The summed E-state index contributed by atoms with van der Waals surface area (Å²) in [5.41, 5.74) is 10.3. The second-order valence-corrected chi connectivity index (χ2v) is 5.32. The summed E-state index contributed by atoms with van der Waals surface area (Å²) < 4.78 is 5.34. The van der Waals surface area contributed by atoms with E-state index in [1.807, 2.05) is 42.6 Å². The maximum absolute atomic E-state index is 5.73. The molecular formula is C18H15N5O. The molecule has 0 atom stereocenters. The van der Waals surface area contributed by atoms with Crippen LogP contribution in [0.1, 0.15) is 0 Å². The highest BCUT2D eigenvalue weighted by molar-refractivity contribution is 6.03. The molecule has 4 rings (SSSR count). The lowest BCUT2D eigenvalue weighted by atomic mass is 10.00. The summed E-state index contributed by atoms with van der Waals surface area (Å²) in [5.74, 6) is 1.05. The number of methoxy groups -OCH3 is 1. The number of rotatable bonds is 3. The summed E-state index contributed by atoms with van der Waals surface area (Å²) in [4.78, 5) is 15.9. The number of hydrogen-bond acceptors (Lipinski definition) is 5. The van der Waals surface area contributed by atoms with E-state index in [1.54, 1.807) is 19.5 Å². The number of anilines is 1. The largest absolute Gasteiger partial charge is 0.497 e. The predicted octanol–water partition coefficient (Wildman–Crippen LogP) is 3.28. The highest BCUT2D eigenvalue weighted by Crippen LogP contribution is 2.35. The van der Waals surface area contributed by atoms with Crippen LogP contribution in [0.2, 0.25) is 0 Å². The van der Waals surface area contributed by atoms with Crippen LogP contribution in [0.4, 0.5) is 5.95 Å². The van der Waals surface area contributed by atoms with Crippen molar-refractivity contribution < 1.29 is 4.74 Å². The molecular weight excluding hydrogens is 302 g/mol. The zero-order chi connectivity index (χ0) is 16.5. The minimum atomic E-state index is 0.244. The Hall–Kier alpha value is -3.41. The molecule has 24 heavy (non-hydrogen) atoms. The van der Waals surface area contributed by atoms with Crippen molar-refractivity contribution in [3.05, 3.63) is 55.0 Å². The van der Waals surface area contributed by atoms with Crippen LogP contribution < -0.4 is 10.5 Å². The number of hydrogen-bond donors (Lipinski definition) is 2. The fraction of sp³-hybridized carbons (Fsp3) is 0.0556. The van der Waals surface area contributed by atoms with Crippen LogP contribution in [0.3, 0.4) is 0 Å². The molecule has 0 spiro atoms. The molecule has 0 unspecified atom stereocenters. The number of aromatic nitrogens is 4. The Kier molecular flexibility index (Phi) is 3.35. The number of ether oxygens (including phenoxy) is 1. The van der Waals surface area contributed by atoms with E-state index in [-0.39, 0.29) is 5.95 Å². The normalized spacial score (nSPS) is 10.9. The van der Waals surface area contributed by atoms with E-state index in [1.165, 1.54) is 0 Å². The number of pyridine rings is 1. The molecule has 0 radical (unpaired) electrons. The van der Waals surface area contributed by atoms with Crippen molar-refractivity contribution in [1.82, 2.24) is 19.9 Å². The van der Waals surface area contributed by atoms with E-state index < -0.39 is 0 Å². The Morgan fingerprint density at radius 3 is 2.75 bits per heavy atom. The fourth-order valence-corrected chi connectivity index (χ4v) is 2.81. The van der Waals surface area contributed by atoms with Crippen LogP contribution in [0.15, 0.2) is 55.0 Å². The average Bonchev–Trinajstić information content (AvgIpc) is 3.06. The summed E-state index contributed by atoms with van der Waals surface area (Å²) in [6.45, 7) is 0. The third-order valence-electron chi connectivity index (χ3n) is 3.90. The summed E-state index contributed by atoms with van der Waals surface area (Å²) in [6, 6.07) is 11.8. The topological polar surface area (TPSA) is 89.7 Å². The van der Waals surface area contributed by atoms with Crippen LogP contribution in [0.5, 0.6) is 5.75 Å². The molecule has 0 saturated heterocycles. The van der Waals surface area contributed by atoms with Crippen LogP contribution in [0, 0.1) is 0 Å². The molecule has 118 valence electrons. The maximum Gasteiger partial charge on any atom is 0.220 e. The van der Waals surface area contributed by atoms with Crippen molar-refractivity contribution in [1.29, 1.82) is 0 Å². The van der Waals surface area contributed by atoms with E-state index in [9.17, 15) is 0 Å². The van der Waals surface area contributed by atoms with Crippen molar-refractivity contribution in [2.45, 2.75) is 0 Å². The van der Waals surface area contributed by atoms with Gasteiger partial charge < -0.3 is 15.5 Å². The summed E-state index contributed by atoms with van der Waals surface area (Å²) in [6.07, 6.45) is 5.33. The molecule has 1 aromatic carbocycles. The van der Waals surface area contributed by atoms with Gasteiger partial charge in [-0.2, -0.15) is 0 Å². The Bertz CT molecular complexity index is 1020. The number of aromatic amines is 1. The zero-order valence-electron chi connectivity index (χ0n) is 13.0. The van der Waals surface area contributed by atoms with Gasteiger partial charge in [-0.15, -0.1) is 0 Å². The van der Waals surface area contributed by atoms with E-state index in [0.717, 1.165) is 39.2 Å². The number of nitrogen functional groups attached to an aromatic ring is 1. The Morgan fingerprint density at radius 2 is 1.92 bits per heavy atom.